The maximum atomic E-state index is 11.3. The lowest BCUT2D eigenvalue weighted by atomic mass is 10.1. The SMILES string of the molecule is CC(C)c1cc2nc(C(=O)O)cc(N3CCNCC3)n2n1. The molecule has 0 aromatic carbocycles. The van der Waals surface area contributed by atoms with E-state index in [1.54, 1.807) is 10.6 Å². The first kappa shape index (κ1) is 13.8. The zero-order valence-corrected chi connectivity index (χ0v) is 12.2. The lowest BCUT2D eigenvalue weighted by Gasteiger charge is -2.29. The van der Waals surface area contributed by atoms with Crippen LogP contribution in [0, 0.1) is 0 Å². The zero-order valence-electron chi connectivity index (χ0n) is 12.2. The Labute approximate surface area is 122 Å². The molecule has 0 amide bonds. The predicted molar refractivity (Wildman–Crippen MR) is 79.1 cm³/mol. The standard InChI is InChI=1S/C14H19N5O2/c1-9(2)10-7-12-16-11(14(20)21)8-13(19(12)17-10)18-5-3-15-4-6-18/h7-9,15H,3-6H2,1-2H3,(H,20,21). The van der Waals surface area contributed by atoms with Crippen LogP contribution in [0.15, 0.2) is 12.1 Å². The van der Waals surface area contributed by atoms with Gasteiger partial charge in [0.25, 0.3) is 0 Å². The van der Waals surface area contributed by atoms with E-state index < -0.39 is 5.97 Å². The maximum absolute atomic E-state index is 11.3. The van der Waals surface area contributed by atoms with Gasteiger partial charge in [-0.3, -0.25) is 0 Å². The summed E-state index contributed by atoms with van der Waals surface area (Å²) in [4.78, 5) is 17.6. The Morgan fingerprint density at radius 1 is 1.33 bits per heavy atom. The third kappa shape index (κ3) is 2.56. The van der Waals surface area contributed by atoms with E-state index in [-0.39, 0.29) is 11.6 Å². The fraction of sp³-hybridized carbons (Fsp3) is 0.500. The lowest BCUT2D eigenvalue weighted by Crippen LogP contribution is -2.44. The van der Waals surface area contributed by atoms with Gasteiger partial charge in [0.05, 0.1) is 5.69 Å². The molecule has 21 heavy (non-hydrogen) atoms. The van der Waals surface area contributed by atoms with Gasteiger partial charge in [0, 0.05) is 38.3 Å². The molecule has 0 saturated carbocycles. The molecule has 1 aliphatic rings. The van der Waals surface area contributed by atoms with E-state index in [0.717, 1.165) is 37.7 Å². The quantitative estimate of drug-likeness (QED) is 0.876. The second kappa shape index (κ2) is 5.33. The molecule has 0 spiro atoms. The summed E-state index contributed by atoms with van der Waals surface area (Å²) in [6.45, 7) is 7.54. The van der Waals surface area contributed by atoms with E-state index in [0.29, 0.717) is 5.65 Å². The molecule has 0 unspecified atom stereocenters. The summed E-state index contributed by atoms with van der Waals surface area (Å²) >= 11 is 0. The van der Waals surface area contributed by atoms with Crippen LogP contribution in [-0.4, -0.2) is 51.9 Å². The van der Waals surface area contributed by atoms with Crippen LogP contribution in [0.2, 0.25) is 0 Å². The Morgan fingerprint density at radius 2 is 2.05 bits per heavy atom. The van der Waals surface area contributed by atoms with Crippen molar-refractivity contribution in [3.05, 3.63) is 23.5 Å². The van der Waals surface area contributed by atoms with Gasteiger partial charge in [-0.1, -0.05) is 13.8 Å². The molecule has 2 aromatic heterocycles. The number of carboxylic acid groups (broad SMARTS) is 1. The molecular weight excluding hydrogens is 270 g/mol. The predicted octanol–water partition coefficient (Wildman–Crippen LogP) is 0.960. The van der Waals surface area contributed by atoms with Crippen molar-refractivity contribution in [3.63, 3.8) is 0 Å². The third-order valence-corrected chi connectivity index (χ3v) is 3.68. The van der Waals surface area contributed by atoms with Crippen molar-refractivity contribution in [1.82, 2.24) is 19.9 Å². The fourth-order valence-corrected chi connectivity index (χ4v) is 2.49. The van der Waals surface area contributed by atoms with Crippen molar-refractivity contribution in [2.45, 2.75) is 19.8 Å². The monoisotopic (exact) mass is 289 g/mol. The number of aromatic nitrogens is 3. The number of hydrogen-bond acceptors (Lipinski definition) is 5. The molecule has 0 aliphatic carbocycles. The summed E-state index contributed by atoms with van der Waals surface area (Å²) in [5.74, 6) is 0.0582. The van der Waals surface area contributed by atoms with E-state index in [1.807, 2.05) is 6.07 Å². The van der Waals surface area contributed by atoms with Gasteiger partial charge in [-0.05, 0) is 5.92 Å². The number of piperazine rings is 1. The van der Waals surface area contributed by atoms with Crippen LogP contribution in [0.5, 0.6) is 0 Å². The Kier molecular flexibility index (Phi) is 3.50. The number of carboxylic acids is 1. The van der Waals surface area contributed by atoms with E-state index in [4.69, 9.17) is 0 Å². The number of fused-ring (bicyclic) bond motifs is 1. The number of nitrogens with zero attached hydrogens (tertiary/aromatic N) is 4. The summed E-state index contributed by atoms with van der Waals surface area (Å²) in [5.41, 5.74) is 1.57. The second-order valence-electron chi connectivity index (χ2n) is 5.54. The fourth-order valence-electron chi connectivity index (χ4n) is 2.49. The van der Waals surface area contributed by atoms with Gasteiger partial charge in [0.1, 0.15) is 5.82 Å². The zero-order chi connectivity index (χ0) is 15.0. The summed E-state index contributed by atoms with van der Waals surface area (Å²) in [6, 6.07) is 3.47. The number of anilines is 1. The largest absolute Gasteiger partial charge is 0.477 e. The highest BCUT2D eigenvalue weighted by atomic mass is 16.4. The maximum Gasteiger partial charge on any atom is 0.354 e. The van der Waals surface area contributed by atoms with Gasteiger partial charge in [0.15, 0.2) is 11.3 Å². The number of rotatable bonds is 3. The molecule has 2 aromatic rings. The van der Waals surface area contributed by atoms with Gasteiger partial charge < -0.3 is 15.3 Å². The van der Waals surface area contributed by atoms with Crippen molar-refractivity contribution >= 4 is 17.4 Å². The highest BCUT2D eigenvalue weighted by Gasteiger charge is 2.19. The number of aromatic carboxylic acids is 1. The summed E-state index contributed by atoms with van der Waals surface area (Å²) in [6.07, 6.45) is 0. The second-order valence-corrected chi connectivity index (χ2v) is 5.54. The number of hydrogen-bond donors (Lipinski definition) is 2. The van der Waals surface area contributed by atoms with Crippen molar-refractivity contribution in [2.75, 3.05) is 31.1 Å². The minimum absolute atomic E-state index is 0.0613. The average molecular weight is 289 g/mol. The third-order valence-electron chi connectivity index (χ3n) is 3.68. The van der Waals surface area contributed by atoms with Crippen LogP contribution in [0.4, 0.5) is 5.82 Å². The van der Waals surface area contributed by atoms with E-state index in [2.05, 4.69) is 34.1 Å². The van der Waals surface area contributed by atoms with Crippen LogP contribution < -0.4 is 10.2 Å². The van der Waals surface area contributed by atoms with Crippen molar-refractivity contribution in [2.24, 2.45) is 0 Å². The molecule has 0 radical (unpaired) electrons. The minimum atomic E-state index is -1.01. The van der Waals surface area contributed by atoms with Crippen LogP contribution >= 0.6 is 0 Å². The van der Waals surface area contributed by atoms with Crippen LogP contribution in [0.1, 0.15) is 35.9 Å². The molecule has 112 valence electrons. The van der Waals surface area contributed by atoms with Gasteiger partial charge in [-0.25, -0.2) is 9.78 Å². The molecule has 2 N–H and O–H groups in total. The topological polar surface area (TPSA) is 82.8 Å². The smallest absolute Gasteiger partial charge is 0.354 e. The van der Waals surface area contributed by atoms with Crippen molar-refractivity contribution < 1.29 is 9.90 Å². The van der Waals surface area contributed by atoms with E-state index >= 15 is 0 Å². The molecule has 7 nitrogen and oxygen atoms in total. The molecule has 7 heteroatoms. The Bertz CT molecular complexity index is 673. The average Bonchev–Trinajstić information content (AvgIpc) is 2.91. The van der Waals surface area contributed by atoms with Crippen LogP contribution in [-0.2, 0) is 0 Å². The van der Waals surface area contributed by atoms with Crippen molar-refractivity contribution in [3.8, 4) is 0 Å². The Hall–Kier alpha value is -2.15. The number of nitrogens with one attached hydrogen (secondary N) is 1. The van der Waals surface area contributed by atoms with Gasteiger partial charge in [-0.2, -0.15) is 9.61 Å². The van der Waals surface area contributed by atoms with Gasteiger partial charge >= 0.3 is 5.97 Å². The first-order chi connectivity index (χ1) is 10.1. The van der Waals surface area contributed by atoms with E-state index in [1.165, 1.54) is 0 Å². The van der Waals surface area contributed by atoms with E-state index in [9.17, 15) is 9.90 Å². The molecule has 3 heterocycles. The minimum Gasteiger partial charge on any atom is -0.477 e. The highest BCUT2D eigenvalue weighted by Crippen LogP contribution is 2.21. The Morgan fingerprint density at radius 3 is 2.67 bits per heavy atom. The first-order valence-electron chi connectivity index (χ1n) is 7.16. The molecule has 3 rings (SSSR count). The molecule has 0 bridgehead atoms. The molecular formula is C14H19N5O2. The number of carbonyl (C=O) groups is 1. The summed E-state index contributed by atoms with van der Waals surface area (Å²) in [7, 11) is 0. The molecule has 1 saturated heterocycles. The lowest BCUT2D eigenvalue weighted by molar-refractivity contribution is 0.0690. The van der Waals surface area contributed by atoms with Crippen molar-refractivity contribution in [1.29, 1.82) is 0 Å². The first-order valence-corrected chi connectivity index (χ1v) is 7.16. The highest BCUT2D eigenvalue weighted by molar-refractivity contribution is 5.87. The summed E-state index contributed by atoms with van der Waals surface area (Å²) in [5, 5.41) is 17.1. The van der Waals surface area contributed by atoms with Crippen LogP contribution in [0.3, 0.4) is 0 Å². The molecule has 1 aliphatic heterocycles. The Balaban J connectivity index is 2.16. The normalized spacial score (nSPS) is 15.9. The summed E-state index contributed by atoms with van der Waals surface area (Å²) < 4.78 is 1.76. The molecule has 0 atom stereocenters. The molecule has 1 fully saturated rings. The van der Waals surface area contributed by atoms with Gasteiger partial charge in [-0.15, -0.1) is 0 Å². The van der Waals surface area contributed by atoms with Gasteiger partial charge in [0.2, 0.25) is 0 Å². The van der Waals surface area contributed by atoms with Crippen LogP contribution in [0.25, 0.3) is 5.65 Å².